The van der Waals surface area contributed by atoms with Crippen LogP contribution in [0.5, 0.6) is 0 Å². The molecular formula is C15H15NO3S. The lowest BCUT2D eigenvalue weighted by Gasteiger charge is -2.21. The molecule has 1 aliphatic heterocycles. The summed E-state index contributed by atoms with van der Waals surface area (Å²) in [4.78, 5) is 25.3. The minimum atomic E-state index is -0.911. The molecule has 3 rings (SSSR count). The van der Waals surface area contributed by atoms with Gasteiger partial charge in [0.25, 0.3) is 5.91 Å². The minimum Gasteiger partial charge on any atom is -0.480 e. The third-order valence-corrected chi connectivity index (χ3v) is 4.71. The highest BCUT2D eigenvalue weighted by Gasteiger charge is 2.35. The van der Waals surface area contributed by atoms with Crippen LogP contribution in [0.4, 0.5) is 0 Å². The van der Waals surface area contributed by atoms with Crippen LogP contribution in [0.2, 0.25) is 0 Å². The number of fused-ring (bicyclic) bond motifs is 1. The first kappa shape index (κ1) is 13.1. The Labute approximate surface area is 120 Å². The number of hydrogen-bond donors (Lipinski definition) is 1. The van der Waals surface area contributed by atoms with Gasteiger partial charge in [0.2, 0.25) is 0 Å². The first-order valence-electron chi connectivity index (χ1n) is 6.59. The maximum Gasteiger partial charge on any atom is 0.326 e. The van der Waals surface area contributed by atoms with E-state index in [0.717, 1.165) is 22.1 Å². The lowest BCUT2D eigenvalue weighted by Crippen LogP contribution is -2.40. The van der Waals surface area contributed by atoms with Crippen LogP contribution in [0.3, 0.4) is 0 Å². The van der Waals surface area contributed by atoms with Crippen LogP contribution < -0.4 is 0 Å². The molecule has 2 aromatic rings. The van der Waals surface area contributed by atoms with E-state index in [1.807, 2.05) is 24.4 Å². The van der Waals surface area contributed by atoms with Crippen molar-refractivity contribution in [3.05, 3.63) is 34.7 Å². The van der Waals surface area contributed by atoms with Gasteiger partial charge in [-0.3, -0.25) is 4.79 Å². The molecule has 0 spiro atoms. The Morgan fingerprint density at radius 3 is 2.95 bits per heavy atom. The molecule has 1 aliphatic rings. The Balaban J connectivity index is 1.98. The third-order valence-electron chi connectivity index (χ3n) is 3.76. The Bertz CT molecular complexity index is 691. The van der Waals surface area contributed by atoms with Gasteiger partial charge in [-0.15, -0.1) is 11.3 Å². The van der Waals surface area contributed by atoms with Gasteiger partial charge in [0.05, 0.1) is 5.56 Å². The zero-order valence-corrected chi connectivity index (χ0v) is 11.9. The normalized spacial score (nSPS) is 18.6. The highest BCUT2D eigenvalue weighted by atomic mass is 32.1. The lowest BCUT2D eigenvalue weighted by atomic mass is 10.1. The highest BCUT2D eigenvalue weighted by Crippen LogP contribution is 2.30. The second kappa shape index (κ2) is 4.90. The summed E-state index contributed by atoms with van der Waals surface area (Å²) in [5, 5.41) is 11.9. The summed E-state index contributed by atoms with van der Waals surface area (Å²) >= 11 is 1.53. The van der Waals surface area contributed by atoms with Gasteiger partial charge in [0.1, 0.15) is 6.04 Å². The van der Waals surface area contributed by atoms with Gasteiger partial charge in [0.15, 0.2) is 0 Å². The van der Waals surface area contributed by atoms with Crippen LogP contribution in [0.25, 0.3) is 10.1 Å². The summed E-state index contributed by atoms with van der Waals surface area (Å²) in [5.74, 6) is -1.07. The molecule has 1 N–H and O–H groups in total. The van der Waals surface area contributed by atoms with Crippen LogP contribution in [-0.2, 0) is 4.79 Å². The van der Waals surface area contributed by atoms with Crippen molar-refractivity contribution in [2.45, 2.75) is 25.8 Å². The summed E-state index contributed by atoms with van der Waals surface area (Å²) in [6.45, 7) is 2.54. The average Bonchev–Trinajstić information content (AvgIpc) is 3.03. The molecule has 5 heteroatoms. The molecule has 0 bridgehead atoms. The molecule has 1 aromatic carbocycles. The first-order chi connectivity index (χ1) is 9.58. The fourth-order valence-corrected chi connectivity index (χ4v) is 3.75. The molecule has 2 heterocycles. The maximum atomic E-state index is 12.6. The summed E-state index contributed by atoms with van der Waals surface area (Å²) < 4.78 is 1.07. The highest BCUT2D eigenvalue weighted by molar-refractivity contribution is 7.17. The Morgan fingerprint density at radius 2 is 2.20 bits per heavy atom. The molecule has 1 saturated heterocycles. The van der Waals surface area contributed by atoms with Crippen LogP contribution in [0, 0.1) is 6.92 Å². The molecule has 20 heavy (non-hydrogen) atoms. The van der Waals surface area contributed by atoms with Gasteiger partial charge >= 0.3 is 5.97 Å². The van der Waals surface area contributed by atoms with Crippen LogP contribution in [0.15, 0.2) is 23.6 Å². The van der Waals surface area contributed by atoms with Gasteiger partial charge in [0, 0.05) is 22.0 Å². The number of carbonyl (C=O) groups excluding carboxylic acids is 1. The number of carbonyl (C=O) groups is 2. The Hall–Kier alpha value is -1.88. The fraction of sp³-hybridized carbons (Fsp3) is 0.333. The quantitative estimate of drug-likeness (QED) is 0.924. The molecule has 1 atom stereocenters. The summed E-state index contributed by atoms with van der Waals surface area (Å²) in [7, 11) is 0. The molecule has 0 radical (unpaired) electrons. The van der Waals surface area contributed by atoms with E-state index < -0.39 is 12.0 Å². The molecule has 4 nitrogen and oxygen atoms in total. The van der Waals surface area contributed by atoms with E-state index in [1.165, 1.54) is 16.2 Å². The van der Waals surface area contributed by atoms with E-state index in [0.29, 0.717) is 18.5 Å². The standard InChI is InChI=1S/C15H15NO3S/c1-9-4-5-10-11(8-20-13(10)7-9)14(17)16-6-2-3-12(16)15(18)19/h4-5,7-8,12H,2-3,6H2,1H3,(H,18,19)/t12-/m1/s1. The second-order valence-corrected chi connectivity index (χ2v) is 6.06. The van der Waals surface area contributed by atoms with E-state index in [4.69, 9.17) is 0 Å². The van der Waals surface area contributed by atoms with Crippen molar-refractivity contribution in [2.24, 2.45) is 0 Å². The Morgan fingerprint density at radius 1 is 1.40 bits per heavy atom. The topological polar surface area (TPSA) is 57.6 Å². The number of nitrogens with zero attached hydrogens (tertiary/aromatic N) is 1. The molecular weight excluding hydrogens is 274 g/mol. The number of carboxylic acid groups (broad SMARTS) is 1. The summed E-state index contributed by atoms with van der Waals surface area (Å²) in [6, 6.07) is 5.29. The van der Waals surface area contributed by atoms with E-state index in [2.05, 4.69) is 6.07 Å². The number of aliphatic carboxylic acids is 1. The number of amides is 1. The fourth-order valence-electron chi connectivity index (χ4n) is 2.72. The van der Waals surface area contributed by atoms with Gasteiger partial charge in [-0.2, -0.15) is 0 Å². The van der Waals surface area contributed by atoms with E-state index in [-0.39, 0.29) is 5.91 Å². The van der Waals surface area contributed by atoms with E-state index in [1.54, 1.807) is 0 Å². The molecule has 0 aliphatic carbocycles. The molecule has 1 amide bonds. The monoisotopic (exact) mass is 289 g/mol. The zero-order valence-electron chi connectivity index (χ0n) is 11.1. The minimum absolute atomic E-state index is 0.162. The Kier molecular flexibility index (Phi) is 3.22. The van der Waals surface area contributed by atoms with Gasteiger partial charge in [-0.1, -0.05) is 12.1 Å². The number of aryl methyl sites for hydroxylation is 1. The van der Waals surface area contributed by atoms with Crippen molar-refractivity contribution in [1.82, 2.24) is 4.90 Å². The summed E-state index contributed by atoms with van der Waals surface area (Å²) in [5.41, 5.74) is 1.78. The van der Waals surface area contributed by atoms with Gasteiger partial charge < -0.3 is 10.0 Å². The van der Waals surface area contributed by atoms with Crippen molar-refractivity contribution in [2.75, 3.05) is 6.54 Å². The van der Waals surface area contributed by atoms with Crippen LogP contribution >= 0.6 is 11.3 Å². The number of likely N-dealkylation sites (tertiary alicyclic amines) is 1. The van der Waals surface area contributed by atoms with E-state index in [9.17, 15) is 14.7 Å². The van der Waals surface area contributed by atoms with Crippen molar-refractivity contribution in [3.8, 4) is 0 Å². The summed E-state index contributed by atoms with van der Waals surface area (Å²) in [6.07, 6.45) is 1.30. The second-order valence-electron chi connectivity index (χ2n) is 5.14. The van der Waals surface area contributed by atoms with Crippen molar-refractivity contribution in [1.29, 1.82) is 0 Å². The van der Waals surface area contributed by atoms with Crippen LogP contribution in [-0.4, -0.2) is 34.5 Å². The van der Waals surface area contributed by atoms with Crippen molar-refractivity contribution < 1.29 is 14.7 Å². The van der Waals surface area contributed by atoms with Crippen molar-refractivity contribution in [3.63, 3.8) is 0 Å². The zero-order chi connectivity index (χ0) is 14.3. The average molecular weight is 289 g/mol. The number of thiophene rings is 1. The number of carboxylic acids is 1. The first-order valence-corrected chi connectivity index (χ1v) is 7.47. The molecule has 0 unspecified atom stereocenters. The molecule has 104 valence electrons. The lowest BCUT2D eigenvalue weighted by molar-refractivity contribution is -0.141. The number of benzene rings is 1. The number of hydrogen-bond acceptors (Lipinski definition) is 3. The number of rotatable bonds is 2. The molecule has 0 saturated carbocycles. The molecule has 1 fully saturated rings. The SMILES string of the molecule is Cc1ccc2c(C(=O)N3CCC[C@@H]3C(=O)O)csc2c1. The predicted molar refractivity (Wildman–Crippen MR) is 78.3 cm³/mol. The predicted octanol–water partition coefficient (Wildman–Crippen LogP) is 2.90. The van der Waals surface area contributed by atoms with Crippen molar-refractivity contribution >= 4 is 33.3 Å². The third kappa shape index (κ3) is 2.08. The molecule has 1 aromatic heterocycles. The van der Waals surface area contributed by atoms with E-state index >= 15 is 0 Å². The van der Waals surface area contributed by atoms with Gasteiger partial charge in [-0.25, -0.2) is 4.79 Å². The smallest absolute Gasteiger partial charge is 0.326 e. The largest absolute Gasteiger partial charge is 0.480 e. The maximum absolute atomic E-state index is 12.6. The van der Waals surface area contributed by atoms with Gasteiger partial charge in [-0.05, 0) is 31.4 Å². The van der Waals surface area contributed by atoms with Crippen LogP contribution in [0.1, 0.15) is 28.8 Å².